The molecule has 4 heteroatoms. The van der Waals surface area contributed by atoms with Crippen LogP contribution in [0.15, 0.2) is 28.7 Å². The van der Waals surface area contributed by atoms with E-state index in [0.29, 0.717) is 0 Å². The molecule has 1 N–H and O–H groups in total. The van der Waals surface area contributed by atoms with E-state index in [-0.39, 0.29) is 11.9 Å². The number of hydrogen-bond acceptors (Lipinski definition) is 2. The van der Waals surface area contributed by atoms with Crippen LogP contribution in [0.2, 0.25) is 0 Å². The zero-order valence-corrected chi connectivity index (χ0v) is 12.0. The van der Waals surface area contributed by atoms with Gasteiger partial charge in [-0.15, -0.1) is 0 Å². The molecule has 0 radical (unpaired) electrons. The van der Waals surface area contributed by atoms with Gasteiger partial charge in [0.15, 0.2) is 0 Å². The second-order valence-corrected chi connectivity index (χ2v) is 4.72. The van der Waals surface area contributed by atoms with Crippen molar-refractivity contribution in [3.63, 3.8) is 0 Å². The van der Waals surface area contributed by atoms with Gasteiger partial charge in [-0.25, -0.2) is 0 Å². The van der Waals surface area contributed by atoms with Gasteiger partial charge in [0.25, 0.3) is 0 Å². The van der Waals surface area contributed by atoms with Crippen molar-refractivity contribution in [3.8, 4) is 0 Å². The van der Waals surface area contributed by atoms with Crippen molar-refractivity contribution in [1.29, 1.82) is 0 Å². The summed E-state index contributed by atoms with van der Waals surface area (Å²) in [6.45, 7) is 3.78. The minimum absolute atomic E-state index is 0.00988. The van der Waals surface area contributed by atoms with Crippen LogP contribution in [0.5, 0.6) is 0 Å². The number of halogens is 1. The predicted molar refractivity (Wildman–Crippen MR) is 71.8 cm³/mol. The Labute approximate surface area is 111 Å². The Kier molecular flexibility index (Phi) is 5.65. The fourth-order valence-electron chi connectivity index (χ4n) is 1.55. The van der Waals surface area contributed by atoms with E-state index in [4.69, 9.17) is 4.74 Å². The topological polar surface area (TPSA) is 38.3 Å². The molecule has 0 aromatic heterocycles. The van der Waals surface area contributed by atoms with Gasteiger partial charge in [-0.05, 0) is 25.0 Å². The first-order chi connectivity index (χ1) is 8.10. The standard InChI is InChI=1S/C13H18BrNO2/c1-4-12(15-13(16)9(2)17-3)10-7-5-6-8-11(10)14/h5-9,12H,4H2,1-3H3,(H,15,16)/t9-,12-/m1/s1. The summed E-state index contributed by atoms with van der Waals surface area (Å²) >= 11 is 3.50. The molecule has 0 saturated carbocycles. The van der Waals surface area contributed by atoms with Gasteiger partial charge in [0.2, 0.25) is 5.91 Å². The number of carbonyl (C=O) groups is 1. The molecular weight excluding hydrogens is 282 g/mol. The van der Waals surface area contributed by atoms with Gasteiger partial charge < -0.3 is 10.1 Å². The van der Waals surface area contributed by atoms with Gasteiger partial charge in [-0.3, -0.25) is 4.79 Å². The van der Waals surface area contributed by atoms with E-state index in [9.17, 15) is 4.79 Å². The quantitative estimate of drug-likeness (QED) is 0.907. The van der Waals surface area contributed by atoms with Crippen LogP contribution in [0.4, 0.5) is 0 Å². The number of ether oxygens (including phenoxy) is 1. The zero-order chi connectivity index (χ0) is 12.8. The Morgan fingerprint density at radius 2 is 2.12 bits per heavy atom. The van der Waals surface area contributed by atoms with Crippen LogP contribution in [0, 0.1) is 0 Å². The Morgan fingerprint density at radius 1 is 1.47 bits per heavy atom. The molecule has 1 amide bonds. The summed E-state index contributed by atoms with van der Waals surface area (Å²) in [6, 6.07) is 7.92. The lowest BCUT2D eigenvalue weighted by molar-refractivity contribution is -0.130. The van der Waals surface area contributed by atoms with Crippen LogP contribution in [-0.4, -0.2) is 19.1 Å². The summed E-state index contributed by atoms with van der Waals surface area (Å²) in [4.78, 5) is 11.8. The Morgan fingerprint density at radius 3 is 2.65 bits per heavy atom. The second-order valence-electron chi connectivity index (χ2n) is 3.87. The lowest BCUT2D eigenvalue weighted by Gasteiger charge is -2.20. The van der Waals surface area contributed by atoms with Crippen molar-refractivity contribution in [2.75, 3.05) is 7.11 Å². The first kappa shape index (κ1) is 14.2. The van der Waals surface area contributed by atoms with Crippen LogP contribution in [-0.2, 0) is 9.53 Å². The van der Waals surface area contributed by atoms with Gasteiger partial charge in [0.1, 0.15) is 6.10 Å². The van der Waals surface area contributed by atoms with Crippen molar-refractivity contribution >= 4 is 21.8 Å². The minimum Gasteiger partial charge on any atom is -0.372 e. The maximum absolute atomic E-state index is 11.8. The first-order valence-electron chi connectivity index (χ1n) is 5.67. The molecule has 1 rings (SSSR count). The molecule has 0 aliphatic rings. The minimum atomic E-state index is -0.425. The summed E-state index contributed by atoms with van der Waals surface area (Å²) in [7, 11) is 1.53. The summed E-state index contributed by atoms with van der Waals surface area (Å²) in [6.07, 6.45) is 0.414. The molecule has 1 aromatic carbocycles. The summed E-state index contributed by atoms with van der Waals surface area (Å²) < 4.78 is 6.01. The SMILES string of the molecule is CC[C@@H](NC(=O)[C@@H](C)OC)c1ccccc1Br. The van der Waals surface area contributed by atoms with Crippen molar-refractivity contribution in [3.05, 3.63) is 34.3 Å². The van der Waals surface area contributed by atoms with Crippen LogP contribution >= 0.6 is 15.9 Å². The largest absolute Gasteiger partial charge is 0.372 e. The molecule has 0 saturated heterocycles. The molecule has 1 aromatic rings. The van der Waals surface area contributed by atoms with Gasteiger partial charge in [0.05, 0.1) is 6.04 Å². The number of rotatable bonds is 5. The molecule has 0 aliphatic carbocycles. The Bertz CT molecular complexity index is 381. The highest BCUT2D eigenvalue weighted by Gasteiger charge is 2.18. The maximum atomic E-state index is 11.8. The monoisotopic (exact) mass is 299 g/mol. The molecule has 0 bridgehead atoms. The molecule has 0 fully saturated rings. The lowest BCUT2D eigenvalue weighted by atomic mass is 10.0. The van der Waals surface area contributed by atoms with Gasteiger partial charge in [-0.2, -0.15) is 0 Å². The number of amides is 1. The third-order valence-corrected chi connectivity index (χ3v) is 3.45. The zero-order valence-electron chi connectivity index (χ0n) is 10.4. The molecule has 3 nitrogen and oxygen atoms in total. The Balaban J connectivity index is 2.79. The molecule has 2 atom stereocenters. The number of nitrogens with one attached hydrogen (secondary N) is 1. The van der Waals surface area contributed by atoms with Crippen molar-refractivity contribution in [2.24, 2.45) is 0 Å². The normalized spacial score (nSPS) is 14.1. The third kappa shape index (κ3) is 3.82. The van der Waals surface area contributed by atoms with Gasteiger partial charge >= 0.3 is 0 Å². The summed E-state index contributed by atoms with van der Waals surface area (Å²) in [5.74, 6) is -0.0879. The Hall–Kier alpha value is -0.870. The maximum Gasteiger partial charge on any atom is 0.249 e. The number of hydrogen-bond donors (Lipinski definition) is 1. The molecule has 17 heavy (non-hydrogen) atoms. The molecule has 0 aliphatic heterocycles. The van der Waals surface area contributed by atoms with Crippen LogP contribution in [0.25, 0.3) is 0 Å². The highest BCUT2D eigenvalue weighted by molar-refractivity contribution is 9.10. The summed E-state index contributed by atoms with van der Waals surface area (Å²) in [5, 5.41) is 2.98. The average molecular weight is 300 g/mol. The smallest absolute Gasteiger partial charge is 0.249 e. The highest BCUT2D eigenvalue weighted by Crippen LogP contribution is 2.25. The van der Waals surface area contributed by atoms with Gasteiger partial charge in [-0.1, -0.05) is 41.1 Å². The van der Waals surface area contributed by atoms with Crippen LogP contribution in [0.3, 0.4) is 0 Å². The van der Waals surface area contributed by atoms with Crippen molar-refractivity contribution in [2.45, 2.75) is 32.4 Å². The van der Waals surface area contributed by atoms with E-state index in [1.807, 2.05) is 31.2 Å². The molecule has 0 spiro atoms. The molecule has 0 heterocycles. The molecule has 94 valence electrons. The molecule has 0 unspecified atom stereocenters. The van der Waals surface area contributed by atoms with E-state index in [2.05, 4.69) is 21.2 Å². The van der Waals surface area contributed by atoms with Crippen molar-refractivity contribution < 1.29 is 9.53 Å². The van der Waals surface area contributed by atoms with Crippen LogP contribution < -0.4 is 5.32 Å². The van der Waals surface area contributed by atoms with Crippen LogP contribution in [0.1, 0.15) is 31.9 Å². The summed E-state index contributed by atoms with van der Waals surface area (Å²) in [5.41, 5.74) is 1.09. The van der Waals surface area contributed by atoms with E-state index in [1.54, 1.807) is 6.92 Å². The average Bonchev–Trinajstić information content (AvgIpc) is 2.35. The number of benzene rings is 1. The van der Waals surface area contributed by atoms with Crippen molar-refractivity contribution in [1.82, 2.24) is 5.32 Å². The van der Waals surface area contributed by atoms with Gasteiger partial charge in [0, 0.05) is 11.6 Å². The fourth-order valence-corrected chi connectivity index (χ4v) is 2.11. The van der Waals surface area contributed by atoms with E-state index >= 15 is 0 Å². The third-order valence-electron chi connectivity index (χ3n) is 2.73. The number of carbonyl (C=O) groups excluding carboxylic acids is 1. The number of methoxy groups -OCH3 is 1. The first-order valence-corrected chi connectivity index (χ1v) is 6.47. The lowest BCUT2D eigenvalue weighted by Crippen LogP contribution is -2.36. The predicted octanol–water partition coefficient (Wildman–Crippen LogP) is 3.05. The second kappa shape index (κ2) is 6.77. The van der Waals surface area contributed by atoms with E-state index in [1.165, 1.54) is 7.11 Å². The highest BCUT2D eigenvalue weighted by atomic mass is 79.9. The molecular formula is C13H18BrNO2. The van der Waals surface area contributed by atoms with E-state index in [0.717, 1.165) is 16.5 Å². The van der Waals surface area contributed by atoms with E-state index < -0.39 is 6.10 Å². The fraction of sp³-hybridized carbons (Fsp3) is 0.462.